The Morgan fingerprint density at radius 3 is 2.65 bits per heavy atom. The van der Waals surface area contributed by atoms with Gasteiger partial charge in [0, 0.05) is 17.7 Å². The number of hydrogen-bond acceptors (Lipinski definition) is 4. The molecule has 1 atom stereocenters. The van der Waals surface area contributed by atoms with Gasteiger partial charge in [-0.15, -0.1) is 0 Å². The molecule has 1 aromatic carbocycles. The number of ether oxygens (including phenoxy) is 1. The smallest absolute Gasteiger partial charge is 0.414 e. The number of fused-ring (bicyclic) bond motifs is 1. The molecule has 0 unspecified atom stereocenters. The third-order valence-corrected chi connectivity index (χ3v) is 10.4. The highest BCUT2D eigenvalue weighted by atomic mass is 28.4. The Kier molecular flexibility index (Phi) is 5.01. The molecule has 1 saturated heterocycles. The summed E-state index contributed by atoms with van der Waals surface area (Å²) in [4.78, 5) is 26.0. The Morgan fingerprint density at radius 1 is 1.23 bits per heavy atom. The summed E-state index contributed by atoms with van der Waals surface area (Å²) in [5.74, 6) is 0.197. The number of amides is 1. The Hall–Kier alpha value is -1.66. The first-order valence-electron chi connectivity index (χ1n) is 9.37. The number of anilines is 1. The number of nitrogens with zero attached hydrogens (tertiary/aromatic N) is 1. The maximum atomic E-state index is 12.3. The molecule has 0 saturated carbocycles. The van der Waals surface area contributed by atoms with Crippen LogP contribution in [-0.2, 0) is 15.6 Å². The van der Waals surface area contributed by atoms with E-state index in [4.69, 9.17) is 9.16 Å². The van der Waals surface area contributed by atoms with Crippen molar-refractivity contribution in [2.75, 3.05) is 18.1 Å². The van der Waals surface area contributed by atoms with Gasteiger partial charge in [0.15, 0.2) is 14.1 Å². The molecule has 1 fully saturated rings. The van der Waals surface area contributed by atoms with Crippen molar-refractivity contribution < 1.29 is 18.8 Å². The lowest BCUT2D eigenvalue weighted by Crippen LogP contribution is -2.43. The van der Waals surface area contributed by atoms with Crippen LogP contribution in [0.5, 0.6) is 0 Å². The SMILES string of the molecule is CC(C)(C)[Si](C)(C)OC[C@H]1CN(c2ccc3c(c2)CCCC3=O)C(=O)O1. The molecule has 0 N–H and O–H groups in total. The fourth-order valence-electron chi connectivity index (χ4n) is 3.14. The minimum Gasteiger partial charge on any atom is -0.442 e. The molecule has 2 aliphatic rings. The second-order valence-electron chi connectivity index (χ2n) is 8.81. The third kappa shape index (κ3) is 3.71. The highest BCUT2D eigenvalue weighted by molar-refractivity contribution is 6.74. The Morgan fingerprint density at radius 2 is 1.96 bits per heavy atom. The molecule has 0 aromatic heterocycles. The van der Waals surface area contributed by atoms with Gasteiger partial charge in [0.25, 0.3) is 0 Å². The van der Waals surface area contributed by atoms with E-state index in [-0.39, 0.29) is 23.0 Å². The Labute approximate surface area is 156 Å². The van der Waals surface area contributed by atoms with Crippen molar-refractivity contribution >= 4 is 25.9 Å². The number of cyclic esters (lactones) is 1. The number of benzene rings is 1. The molecule has 26 heavy (non-hydrogen) atoms. The predicted molar refractivity (Wildman–Crippen MR) is 104 cm³/mol. The monoisotopic (exact) mass is 375 g/mol. The molecule has 1 amide bonds. The van der Waals surface area contributed by atoms with Crippen LogP contribution in [0.1, 0.15) is 49.5 Å². The van der Waals surface area contributed by atoms with Crippen LogP contribution in [0.25, 0.3) is 0 Å². The summed E-state index contributed by atoms with van der Waals surface area (Å²) in [6.45, 7) is 11.9. The summed E-state index contributed by atoms with van der Waals surface area (Å²) in [6.07, 6.45) is 1.79. The number of hydrogen-bond donors (Lipinski definition) is 0. The third-order valence-electron chi connectivity index (χ3n) is 5.86. The van der Waals surface area contributed by atoms with E-state index in [1.807, 2.05) is 18.2 Å². The number of carbonyl (C=O) groups excluding carboxylic acids is 2. The highest BCUT2D eigenvalue weighted by Crippen LogP contribution is 2.37. The van der Waals surface area contributed by atoms with E-state index in [1.165, 1.54) is 0 Å². The lowest BCUT2D eigenvalue weighted by atomic mass is 9.90. The summed E-state index contributed by atoms with van der Waals surface area (Å²) in [5.41, 5.74) is 2.64. The van der Waals surface area contributed by atoms with Gasteiger partial charge < -0.3 is 9.16 Å². The van der Waals surface area contributed by atoms with E-state index in [0.29, 0.717) is 19.6 Å². The lowest BCUT2D eigenvalue weighted by molar-refractivity contribution is 0.0971. The molecule has 142 valence electrons. The van der Waals surface area contributed by atoms with E-state index in [0.717, 1.165) is 29.7 Å². The molecule has 0 bridgehead atoms. The molecular formula is C20H29NO4Si. The van der Waals surface area contributed by atoms with E-state index in [1.54, 1.807) is 4.90 Å². The second kappa shape index (κ2) is 6.81. The van der Waals surface area contributed by atoms with Crippen molar-refractivity contribution in [1.82, 2.24) is 0 Å². The van der Waals surface area contributed by atoms with Crippen LogP contribution in [0.3, 0.4) is 0 Å². The van der Waals surface area contributed by atoms with Crippen LogP contribution < -0.4 is 4.90 Å². The first-order chi connectivity index (χ1) is 12.1. The molecule has 3 rings (SSSR count). The first kappa shape index (κ1) is 19.1. The zero-order valence-corrected chi connectivity index (χ0v) is 17.4. The van der Waals surface area contributed by atoms with Crippen molar-refractivity contribution in [3.63, 3.8) is 0 Å². The maximum Gasteiger partial charge on any atom is 0.414 e. The minimum absolute atomic E-state index is 0.125. The van der Waals surface area contributed by atoms with Crippen molar-refractivity contribution in [2.45, 2.75) is 64.3 Å². The van der Waals surface area contributed by atoms with Gasteiger partial charge in [-0.3, -0.25) is 9.69 Å². The summed E-state index contributed by atoms with van der Waals surface area (Å²) < 4.78 is 11.7. The standard InChI is InChI=1S/C20H29NO4Si/c1-20(2,3)26(4,5)24-13-16-12-21(19(23)25-16)15-9-10-17-14(11-15)7-6-8-18(17)22/h9-11,16H,6-8,12-13H2,1-5H3/t16-/m1/s1. The maximum absolute atomic E-state index is 12.3. The zero-order valence-electron chi connectivity index (χ0n) is 16.4. The number of rotatable bonds is 4. The van der Waals surface area contributed by atoms with Crippen LogP contribution >= 0.6 is 0 Å². The first-order valence-corrected chi connectivity index (χ1v) is 12.3. The minimum atomic E-state index is -1.87. The summed E-state index contributed by atoms with van der Waals surface area (Å²) >= 11 is 0. The quantitative estimate of drug-likeness (QED) is 0.724. The number of ketones is 1. The van der Waals surface area contributed by atoms with Crippen LogP contribution in [0.15, 0.2) is 18.2 Å². The molecule has 0 spiro atoms. The fraction of sp³-hybridized carbons (Fsp3) is 0.600. The van der Waals surface area contributed by atoms with Crippen LogP contribution in [0.4, 0.5) is 10.5 Å². The Bertz CT molecular complexity index is 723. The summed E-state index contributed by atoms with van der Waals surface area (Å²) in [6, 6.07) is 5.66. The average Bonchev–Trinajstić information content (AvgIpc) is 2.93. The van der Waals surface area contributed by atoms with Gasteiger partial charge in [-0.2, -0.15) is 0 Å². The Balaban J connectivity index is 1.68. The number of carbonyl (C=O) groups is 2. The molecule has 1 aromatic rings. The summed E-state index contributed by atoms with van der Waals surface area (Å²) in [5, 5.41) is 0.125. The van der Waals surface area contributed by atoms with Crippen molar-refractivity contribution in [3.05, 3.63) is 29.3 Å². The van der Waals surface area contributed by atoms with Gasteiger partial charge in [-0.1, -0.05) is 20.8 Å². The van der Waals surface area contributed by atoms with Crippen LogP contribution in [0, 0.1) is 0 Å². The molecule has 1 heterocycles. The van der Waals surface area contributed by atoms with Gasteiger partial charge in [0.1, 0.15) is 6.10 Å². The van der Waals surface area contributed by atoms with E-state index in [2.05, 4.69) is 33.9 Å². The largest absolute Gasteiger partial charge is 0.442 e. The average molecular weight is 376 g/mol. The second-order valence-corrected chi connectivity index (χ2v) is 13.6. The van der Waals surface area contributed by atoms with Crippen LogP contribution in [0.2, 0.25) is 18.1 Å². The zero-order chi connectivity index (χ0) is 19.1. The molecule has 1 aliphatic heterocycles. The number of Topliss-reactive ketones (excluding diaryl/α,β-unsaturated/α-hetero) is 1. The van der Waals surface area contributed by atoms with E-state index < -0.39 is 8.32 Å². The lowest BCUT2D eigenvalue weighted by Gasteiger charge is -2.36. The van der Waals surface area contributed by atoms with Gasteiger partial charge in [-0.05, 0) is 54.7 Å². The van der Waals surface area contributed by atoms with Gasteiger partial charge >= 0.3 is 6.09 Å². The molecule has 5 nitrogen and oxygen atoms in total. The molecule has 1 aliphatic carbocycles. The molecule has 6 heteroatoms. The van der Waals surface area contributed by atoms with Gasteiger partial charge in [0.05, 0.1) is 13.2 Å². The van der Waals surface area contributed by atoms with Crippen LogP contribution in [-0.4, -0.2) is 39.4 Å². The van der Waals surface area contributed by atoms with Crippen molar-refractivity contribution in [1.29, 1.82) is 0 Å². The van der Waals surface area contributed by atoms with E-state index >= 15 is 0 Å². The van der Waals surface area contributed by atoms with Crippen molar-refractivity contribution in [2.24, 2.45) is 0 Å². The highest BCUT2D eigenvalue weighted by Gasteiger charge is 2.40. The summed E-state index contributed by atoms with van der Waals surface area (Å²) in [7, 11) is -1.87. The predicted octanol–water partition coefficient (Wildman–Crippen LogP) is 4.55. The topological polar surface area (TPSA) is 55.8 Å². The van der Waals surface area contributed by atoms with Gasteiger partial charge in [0.2, 0.25) is 0 Å². The van der Waals surface area contributed by atoms with Crippen molar-refractivity contribution in [3.8, 4) is 0 Å². The normalized spacial score (nSPS) is 21.0. The number of aryl methyl sites for hydroxylation is 1. The van der Waals surface area contributed by atoms with Gasteiger partial charge in [-0.25, -0.2) is 4.79 Å². The molecule has 0 radical (unpaired) electrons. The van der Waals surface area contributed by atoms with E-state index in [9.17, 15) is 9.59 Å². The fourth-order valence-corrected chi connectivity index (χ4v) is 4.17. The molecular weight excluding hydrogens is 346 g/mol.